The second-order valence-corrected chi connectivity index (χ2v) is 11.7. The fraction of sp³-hybridized carbons (Fsp3) is 0. The smallest absolute Gasteiger partial charge is 0.164 e. The first kappa shape index (κ1) is 26.2. The van der Waals surface area contributed by atoms with Crippen molar-refractivity contribution in [1.29, 1.82) is 0 Å². The fourth-order valence-corrected chi connectivity index (χ4v) is 6.59. The summed E-state index contributed by atoms with van der Waals surface area (Å²) in [7, 11) is 0. The summed E-state index contributed by atoms with van der Waals surface area (Å²) >= 11 is 0. The summed E-state index contributed by atoms with van der Waals surface area (Å²) < 4.78 is 0. The molecule has 46 heavy (non-hydrogen) atoms. The Labute approximate surface area is 266 Å². The molecule has 0 amide bonds. The van der Waals surface area contributed by atoms with Crippen LogP contribution in [0.1, 0.15) is 0 Å². The molecular weight excluding hydrogens is 558 g/mol. The lowest BCUT2D eigenvalue weighted by atomic mass is 9.96. The van der Waals surface area contributed by atoms with Gasteiger partial charge in [-0.3, -0.25) is 0 Å². The summed E-state index contributed by atoms with van der Waals surface area (Å²) in [5.41, 5.74) is 5.24. The molecular formula is C43H27N3. The molecule has 0 bridgehead atoms. The van der Waals surface area contributed by atoms with E-state index in [-0.39, 0.29) is 0 Å². The molecule has 0 aliphatic rings. The molecule has 0 saturated carbocycles. The van der Waals surface area contributed by atoms with Gasteiger partial charge in [-0.05, 0) is 66.3 Å². The van der Waals surface area contributed by atoms with E-state index in [9.17, 15) is 0 Å². The minimum absolute atomic E-state index is 0.651. The van der Waals surface area contributed by atoms with Crippen molar-refractivity contribution >= 4 is 43.1 Å². The lowest BCUT2D eigenvalue weighted by Crippen LogP contribution is -2.00. The molecule has 1 aromatic heterocycles. The van der Waals surface area contributed by atoms with Crippen LogP contribution >= 0.6 is 0 Å². The van der Waals surface area contributed by atoms with Crippen molar-refractivity contribution in [3.05, 3.63) is 164 Å². The Kier molecular flexibility index (Phi) is 6.14. The Balaban J connectivity index is 1.25. The molecule has 0 spiro atoms. The average molecular weight is 586 g/mol. The van der Waals surface area contributed by atoms with Crippen molar-refractivity contribution in [3.63, 3.8) is 0 Å². The highest BCUT2D eigenvalue weighted by Crippen LogP contribution is 2.35. The highest BCUT2D eigenvalue weighted by molar-refractivity contribution is 6.17. The van der Waals surface area contributed by atoms with E-state index in [2.05, 4.69) is 146 Å². The van der Waals surface area contributed by atoms with E-state index in [1.165, 1.54) is 54.2 Å². The number of hydrogen-bond acceptors (Lipinski definition) is 3. The van der Waals surface area contributed by atoms with Gasteiger partial charge >= 0.3 is 0 Å². The molecule has 3 heteroatoms. The SMILES string of the molecule is c1ccc(-c2nc(-c3ccc4cccc(-c5ccccc5)c4c3)nc(-c3ccc4ccc5c6ccccc6ccc5c4c3)n2)cc1. The molecule has 0 aliphatic carbocycles. The monoisotopic (exact) mass is 585 g/mol. The molecule has 0 radical (unpaired) electrons. The maximum Gasteiger partial charge on any atom is 0.164 e. The number of nitrogens with zero attached hydrogens (tertiary/aromatic N) is 3. The van der Waals surface area contributed by atoms with Gasteiger partial charge < -0.3 is 0 Å². The molecule has 0 aliphatic heterocycles. The zero-order valence-electron chi connectivity index (χ0n) is 24.9. The summed E-state index contributed by atoms with van der Waals surface area (Å²) in [6.45, 7) is 0. The third-order valence-electron chi connectivity index (χ3n) is 8.89. The summed E-state index contributed by atoms with van der Waals surface area (Å²) in [6, 6.07) is 57.6. The van der Waals surface area contributed by atoms with Crippen molar-refractivity contribution < 1.29 is 0 Å². The van der Waals surface area contributed by atoms with Crippen LogP contribution in [0, 0.1) is 0 Å². The number of fused-ring (bicyclic) bond motifs is 6. The number of benzene rings is 8. The Morgan fingerprint density at radius 1 is 0.261 bits per heavy atom. The highest BCUT2D eigenvalue weighted by Gasteiger charge is 2.15. The molecule has 9 aromatic rings. The van der Waals surface area contributed by atoms with Crippen LogP contribution in [0.15, 0.2) is 164 Å². The van der Waals surface area contributed by atoms with Gasteiger partial charge in [0.1, 0.15) is 0 Å². The van der Waals surface area contributed by atoms with E-state index < -0.39 is 0 Å². The van der Waals surface area contributed by atoms with E-state index in [0.29, 0.717) is 17.5 Å². The van der Waals surface area contributed by atoms with E-state index >= 15 is 0 Å². The van der Waals surface area contributed by atoms with E-state index in [1.54, 1.807) is 0 Å². The maximum absolute atomic E-state index is 5.12. The zero-order valence-corrected chi connectivity index (χ0v) is 24.9. The maximum atomic E-state index is 5.12. The Morgan fingerprint density at radius 3 is 1.43 bits per heavy atom. The molecule has 214 valence electrons. The molecule has 0 saturated heterocycles. The second kappa shape index (κ2) is 10.8. The third kappa shape index (κ3) is 4.49. The van der Waals surface area contributed by atoms with Gasteiger partial charge in [-0.25, -0.2) is 15.0 Å². The fourth-order valence-electron chi connectivity index (χ4n) is 6.59. The Morgan fingerprint density at radius 2 is 0.739 bits per heavy atom. The van der Waals surface area contributed by atoms with Crippen LogP contribution < -0.4 is 0 Å². The summed E-state index contributed by atoms with van der Waals surface area (Å²) in [5, 5.41) is 9.68. The Hall–Kier alpha value is -6.19. The van der Waals surface area contributed by atoms with Crippen LogP contribution in [-0.4, -0.2) is 15.0 Å². The van der Waals surface area contributed by atoms with Crippen LogP contribution in [0.4, 0.5) is 0 Å². The standard InChI is InChI=1S/C43H27N3/c1-3-10-28(11-4-1)36-17-9-15-30-18-20-33(26-39(30)36)42-44-41(32-13-5-2-6-14-32)45-43(46-42)34-21-19-31-23-24-37-35-16-8-7-12-29(35)22-25-38(37)40(31)27-34/h1-27H. The lowest BCUT2D eigenvalue weighted by molar-refractivity contribution is 1.08. The molecule has 0 atom stereocenters. The molecule has 0 unspecified atom stereocenters. The Bertz CT molecular complexity index is 2570. The molecule has 1 heterocycles. The van der Waals surface area contributed by atoms with Gasteiger partial charge in [0, 0.05) is 16.7 Å². The number of aromatic nitrogens is 3. The topological polar surface area (TPSA) is 38.7 Å². The zero-order chi connectivity index (χ0) is 30.5. The first-order valence-corrected chi connectivity index (χ1v) is 15.5. The van der Waals surface area contributed by atoms with Gasteiger partial charge in [0.2, 0.25) is 0 Å². The molecule has 9 rings (SSSR count). The molecule has 8 aromatic carbocycles. The van der Waals surface area contributed by atoms with Crippen LogP contribution in [0.5, 0.6) is 0 Å². The predicted octanol–water partition coefficient (Wildman–Crippen LogP) is 11.2. The summed E-state index contributed by atoms with van der Waals surface area (Å²) in [5.74, 6) is 1.96. The van der Waals surface area contributed by atoms with Crippen molar-refractivity contribution in [1.82, 2.24) is 15.0 Å². The van der Waals surface area contributed by atoms with E-state index in [1.807, 2.05) is 18.2 Å². The van der Waals surface area contributed by atoms with Crippen LogP contribution in [-0.2, 0) is 0 Å². The van der Waals surface area contributed by atoms with Crippen molar-refractivity contribution in [2.24, 2.45) is 0 Å². The predicted molar refractivity (Wildman–Crippen MR) is 192 cm³/mol. The molecule has 0 fully saturated rings. The first-order valence-electron chi connectivity index (χ1n) is 15.5. The van der Waals surface area contributed by atoms with Gasteiger partial charge in [-0.2, -0.15) is 0 Å². The van der Waals surface area contributed by atoms with Crippen LogP contribution in [0.3, 0.4) is 0 Å². The van der Waals surface area contributed by atoms with Gasteiger partial charge in [0.05, 0.1) is 0 Å². The highest BCUT2D eigenvalue weighted by atomic mass is 15.0. The van der Waals surface area contributed by atoms with Crippen LogP contribution in [0.25, 0.3) is 88.4 Å². The summed E-state index contributed by atoms with van der Waals surface area (Å²) in [6.07, 6.45) is 0. The van der Waals surface area contributed by atoms with Crippen molar-refractivity contribution in [3.8, 4) is 45.3 Å². The number of rotatable bonds is 4. The van der Waals surface area contributed by atoms with Crippen LogP contribution in [0.2, 0.25) is 0 Å². The largest absolute Gasteiger partial charge is 0.208 e. The third-order valence-corrected chi connectivity index (χ3v) is 8.89. The minimum atomic E-state index is 0.651. The summed E-state index contributed by atoms with van der Waals surface area (Å²) in [4.78, 5) is 15.2. The van der Waals surface area contributed by atoms with Gasteiger partial charge in [0.25, 0.3) is 0 Å². The van der Waals surface area contributed by atoms with Crippen molar-refractivity contribution in [2.45, 2.75) is 0 Å². The normalized spacial score (nSPS) is 11.5. The van der Waals surface area contributed by atoms with Gasteiger partial charge in [-0.1, -0.05) is 152 Å². The minimum Gasteiger partial charge on any atom is -0.208 e. The van der Waals surface area contributed by atoms with Crippen molar-refractivity contribution in [2.75, 3.05) is 0 Å². The number of hydrogen-bond donors (Lipinski definition) is 0. The van der Waals surface area contributed by atoms with Gasteiger partial charge in [-0.15, -0.1) is 0 Å². The molecule has 3 nitrogen and oxygen atoms in total. The second-order valence-electron chi connectivity index (χ2n) is 11.7. The average Bonchev–Trinajstić information content (AvgIpc) is 3.14. The van der Waals surface area contributed by atoms with E-state index in [0.717, 1.165) is 16.7 Å². The first-order chi connectivity index (χ1) is 22.8. The quantitative estimate of drug-likeness (QED) is 0.193. The van der Waals surface area contributed by atoms with E-state index in [4.69, 9.17) is 15.0 Å². The molecule has 0 N–H and O–H groups in total. The lowest BCUT2D eigenvalue weighted by Gasteiger charge is -2.12. The van der Waals surface area contributed by atoms with Gasteiger partial charge in [0.15, 0.2) is 17.5 Å².